The van der Waals surface area contributed by atoms with E-state index in [4.69, 9.17) is 5.73 Å². The number of hydrogen-bond donors (Lipinski definition) is 2. The molecule has 0 aliphatic rings. The van der Waals surface area contributed by atoms with Gasteiger partial charge in [-0.3, -0.25) is 4.79 Å². The fourth-order valence-electron chi connectivity index (χ4n) is 1.96. The molecular formula is C12H10N2OS. The van der Waals surface area contributed by atoms with Crippen molar-refractivity contribution in [1.82, 2.24) is 4.98 Å². The van der Waals surface area contributed by atoms with Gasteiger partial charge < -0.3 is 10.7 Å². The number of amides is 1. The summed E-state index contributed by atoms with van der Waals surface area (Å²) in [7, 11) is 0. The van der Waals surface area contributed by atoms with Crippen molar-refractivity contribution in [3.8, 4) is 0 Å². The van der Waals surface area contributed by atoms with Crippen molar-refractivity contribution in [2.45, 2.75) is 6.42 Å². The number of fused-ring (bicyclic) bond motifs is 3. The van der Waals surface area contributed by atoms with E-state index in [0.29, 0.717) is 6.42 Å². The van der Waals surface area contributed by atoms with E-state index in [-0.39, 0.29) is 5.91 Å². The Bertz CT molecular complexity index is 681. The lowest BCUT2D eigenvalue weighted by Crippen LogP contribution is -2.13. The molecule has 80 valence electrons. The summed E-state index contributed by atoms with van der Waals surface area (Å²) in [6.07, 6.45) is 2.17. The van der Waals surface area contributed by atoms with Crippen molar-refractivity contribution in [3.63, 3.8) is 0 Å². The maximum absolute atomic E-state index is 10.9. The molecule has 0 radical (unpaired) electrons. The van der Waals surface area contributed by atoms with Crippen LogP contribution in [-0.4, -0.2) is 10.9 Å². The van der Waals surface area contributed by atoms with Crippen LogP contribution in [0.15, 0.2) is 30.5 Å². The van der Waals surface area contributed by atoms with E-state index < -0.39 is 0 Å². The molecule has 2 heterocycles. The molecule has 1 amide bonds. The Labute approximate surface area is 95.9 Å². The minimum Gasteiger partial charge on any atom is -0.369 e. The second-order valence-corrected chi connectivity index (χ2v) is 4.81. The van der Waals surface area contributed by atoms with E-state index >= 15 is 0 Å². The summed E-state index contributed by atoms with van der Waals surface area (Å²) in [5, 5.41) is 1.21. The van der Waals surface area contributed by atoms with Crippen LogP contribution in [0.2, 0.25) is 0 Å². The van der Waals surface area contributed by atoms with Gasteiger partial charge in [-0.1, -0.05) is 18.2 Å². The summed E-state index contributed by atoms with van der Waals surface area (Å²) >= 11 is 1.70. The summed E-state index contributed by atoms with van der Waals surface area (Å²) in [5.41, 5.74) is 7.32. The summed E-state index contributed by atoms with van der Waals surface area (Å²) in [4.78, 5) is 14.2. The third kappa shape index (κ3) is 1.31. The van der Waals surface area contributed by atoms with Crippen molar-refractivity contribution in [2.24, 2.45) is 5.73 Å². The van der Waals surface area contributed by atoms with Crippen molar-refractivity contribution in [1.29, 1.82) is 0 Å². The molecule has 0 saturated heterocycles. The first-order chi connectivity index (χ1) is 7.75. The lowest BCUT2D eigenvalue weighted by Gasteiger charge is -1.90. The monoisotopic (exact) mass is 230 g/mol. The fraction of sp³-hybridized carbons (Fsp3) is 0.0833. The van der Waals surface area contributed by atoms with Gasteiger partial charge in [-0.15, -0.1) is 11.3 Å². The van der Waals surface area contributed by atoms with E-state index in [0.717, 1.165) is 15.8 Å². The zero-order valence-corrected chi connectivity index (χ0v) is 9.30. The molecule has 0 spiro atoms. The quantitative estimate of drug-likeness (QED) is 0.697. The van der Waals surface area contributed by atoms with Crippen molar-refractivity contribution < 1.29 is 4.79 Å². The number of rotatable bonds is 2. The topological polar surface area (TPSA) is 58.9 Å². The van der Waals surface area contributed by atoms with Crippen molar-refractivity contribution in [3.05, 3.63) is 36.0 Å². The Hall–Kier alpha value is -1.81. The summed E-state index contributed by atoms with van der Waals surface area (Å²) < 4.78 is 2.37. The van der Waals surface area contributed by atoms with Crippen LogP contribution in [0.1, 0.15) is 5.56 Å². The lowest BCUT2D eigenvalue weighted by atomic mass is 10.2. The largest absolute Gasteiger partial charge is 0.369 e. The molecule has 0 atom stereocenters. The van der Waals surface area contributed by atoms with E-state index in [1.807, 2.05) is 18.3 Å². The normalized spacial score (nSPS) is 11.2. The number of benzene rings is 1. The molecule has 0 unspecified atom stereocenters. The number of carbonyl (C=O) groups excluding carboxylic acids is 1. The van der Waals surface area contributed by atoms with E-state index in [2.05, 4.69) is 17.1 Å². The van der Waals surface area contributed by atoms with E-state index in [1.165, 1.54) is 10.1 Å². The second kappa shape index (κ2) is 3.35. The molecule has 0 aliphatic heterocycles. The molecule has 3 rings (SSSR count). The van der Waals surface area contributed by atoms with E-state index in [1.54, 1.807) is 11.3 Å². The van der Waals surface area contributed by atoms with Crippen LogP contribution in [-0.2, 0) is 11.2 Å². The Morgan fingerprint density at radius 2 is 2.19 bits per heavy atom. The first-order valence-electron chi connectivity index (χ1n) is 5.01. The van der Waals surface area contributed by atoms with Gasteiger partial charge in [0, 0.05) is 16.3 Å². The predicted molar refractivity (Wildman–Crippen MR) is 66.6 cm³/mol. The molecule has 0 saturated carbocycles. The maximum Gasteiger partial charge on any atom is 0.221 e. The summed E-state index contributed by atoms with van der Waals surface area (Å²) in [5.74, 6) is -0.293. The Morgan fingerprint density at radius 3 is 3.00 bits per heavy atom. The minimum absolute atomic E-state index is 0.293. The molecule has 1 aromatic carbocycles. The number of aromatic amines is 1. The van der Waals surface area contributed by atoms with Crippen LogP contribution in [0.25, 0.3) is 20.3 Å². The SMILES string of the molecule is NC(=O)Cc1c[nH]c2c1sc1ccccc12. The standard InChI is InChI=1S/C12H10N2OS/c13-10(15)5-7-6-14-11-8-3-1-2-4-9(8)16-12(7)11/h1-4,6,14H,5H2,(H2,13,15). The van der Waals surface area contributed by atoms with Gasteiger partial charge in [0.2, 0.25) is 5.91 Å². The Kier molecular flexibility index (Phi) is 1.97. The van der Waals surface area contributed by atoms with E-state index in [9.17, 15) is 4.79 Å². The number of nitrogens with one attached hydrogen (secondary N) is 1. The minimum atomic E-state index is -0.293. The number of H-pyrrole nitrogens is 1. The number of carbonyl (C=O) groups is 1. The van der Waals surface area contributed by atoms with Crippen molar-refractivity contribution >= 4 is 37.5 Å². The average Bonchev–Trinajstić information content (AvgIpc) is 2.78. The number of hydrogen-bond acceptors (Lipinski definition) is 2. The van der Waals surface area contributed by atoms with Crippen LogP contribution in [0, 0.1) is 0 Å². The molecule has 0 aliphatic carbocycles. The number of primary amides is 1. The number of thiophene rings is 1. The molecule has 2 aromatic heterocycles. The maximum atomic E-state index is 10.9. The molecule has 3 nitrogen and oxygen atoms in total. The van der Waals surface area contributed by atoms with Gasteiger partial charge in [0.25, 0.3) is 0 Å². The van der Waals surface area contributed by atoms with Crippen LogP contribution >= 0.6 is 11.3 Å². The Morgan fingerprint density at radius 1 is 1.38 bits per heavy atom. The highest BCUT2D eigenvalue weighted by Gasteiger charge is 2.11. The lowest BCUT2D eigenvalue weighted by molar-refractivity contribution is -0.117. The van der Waals surface area contributed by atoms with Gasteiger partial charge in [0.15, 0.2) is 0 Å². The molecule has 3 aromatic rings. The highest BCUT2D eigenvalue weighted by Crippen LogP contribution is 2.35. The van der Waals surface area contributed by atoms with Gasteiger partial charge in [-0.05, 0) is 11.6 Å². The fourth-order valence-corrected chi connectivity index (χ4v) is 3.14. The average molecular weight is 230 g/mol. The van der Waals surface area contributed by atoms with Gasteiger partial charge >= 0.3 is 0 Å². The third-order valence-corrected chi connectivity index (χ3v) is 3.89. The molecule has 0 fully saturated rings. The molecular weight excluding hydrogens is 220 g/mol. The zero-order valence-electron chi connectivity index (χ0n) is 8.49. The van der Waals surface area contributed by atoms with Crippen LogP contribution in [0.3, 0.4) is 0 Å². The molecule has 16 heavy (non-hydrogen) atoms. The van der Waals surface area contributed by atoms with Gasteiger partial charge in [0.1, 0.15) is 0 Å². The van der Waals surface area contributed by atoms with Gasteiger partial charge in [0.05, 0.1) is 16.6 Å². The molecule has 0 bridgehead atoms. The first-order valence-corrected chi connectivity index (χ1v) is 5.83. The highest BCUT2D eigenvalue weighted by molar-refractivity contribution is 7.26. The number of nitrogens with two attached hydrogens (primary N) is 1. The highest BCUT2D eigenvalue weighted by atomic mass is 32.1. The summed E-state index contributed by atoms with van der Waals surface area (Å²) in [6, 6.07) is 8.20. The van der Waals surface area contributed by atoms with Crippen LogP contribution < -0.4 is 5.73 Å². The molecule has 4 heteroatoms. The first kappa shape index (κ1) is 9.42. The zero-order chi connectivity index (χ0) is 11.1. The molecule has 3 N–H and O–H groups in total. The van der Waals surface area contributed by atoms with Gasteiger partial charge in [-0.2, -0.15) is 0 Å². The van der Waals surface area contributed by atoms with Crippen LogP contribution in [0.4, 0.5) is 0 Å². The number of aromatic nitrogens is 1. The van der Waals surface area contributed by atoms with Crippen molar-refractivity contribution in [2.75, 3.05) is 0 Å². The predicted octanol–water partition coefficient (Wildman–Crippen LogP) is 2.41. The summed E-state index contributed by atoms with van der Waals surface area (Å²) in [6.45, 7) is 0. The van der Waals surface area contributed by atoms with Gasteiger partial charge in [-0.25, -0.2) is 0 Å². The Balaban J connectivity index is 2.29. The smallest absolute Gasteiger partial charge is 0.221 e. The second-order valence-electron chi connectivity index (χ2n) is 3.76. The van der Waals surface area contributed by atoms with Crippen LogP contribution in [0.5, 0.6) is 0 Å². The third-order valence-electron chi connectivity index (χ3n) is 2.64.